The highest BCUT2D eigenvalue weighted by atomic mass is 16.1. The number of aryl methyl sites for hydroxylation is 2. The fourth-order valence-corrected chi connectivity index (χ4v) is 3.83. The normalized spacial score (nSPS) is 12.4. The number of carbonyl (C=O) groups excluding carboxylic acids is 1. The standard InChI is InChI=1S/C24H33N5O/c1-16(2)15-29-19(5)23(18(4)27-29)11-12-24(30)26-17(3)21-7-9-22(10-8-21)28-14-13-25-20(28)6/h7-10,13-14,16-17H,11-12,15H2,1-6H3,(H,26,30)/t17-/m0/s1. The minimum absolute atomic E-state index is 0.0405. The van der Waals surface area contributed by atoms with E-state index >= 15 is 0 Å². The summed E-state index contributed by atoms with van der Waals surface area (Å²) < 4.78 is 4.11. The Morgan fingerprint density at radius 3 is 2.40 bits per heavy atom. The van der Waals surface area contributed by atoms with Crippen molar-refractivity contribution in [3.63, 3.8) is 0 Å². The van der Waals surface area contributed by atoms with E-state index in [2.05, 4.69) is 65.1 Å². The maximum absolute atomic E-state index is 12.6. The van der Waals surface area contributed by atoms with Crippen LogP contribution in [-0.2, 0) is 17.8 Å². The Labute approximate surface area is 179 Å². The molecule has 1 N–H and O–H groups in total. The molecule has 0 saturated heterocycles. The quantitative estimate of drug-likeness (QED) is 0.600. The lowest BCUT2D eigenvalue weighted by molar-refractivity contribution is -0.121. The van der Waals surface area contributed by atoms with E-state index in [1.54, 1.807) is 6.20 Å². The van der Waals surface area contributed by atoms with E-state index in [0.29, 0.717) is 18.8 Å². The van der Waals surface area contributed by atoms with E-state index < -0.39 is 0 Å². The number of hydrogen-bond acceptors (Lipinski definition) is 3. The van der Waals surface area contributed by atoms with E-state index in [4.69, 9.17) is 0 Å². The van der Waals surface area contributed by atoms with Crippen LogP contribution in [-0.4, -0.2) is 25.2 Å². The summed E-state index contributed by atoms with van der Waals surface area (Å²) in [5.74, 6) is 1.56. The molecule has 6 nitrogen and oxygen atoms in total. The summed E-state index contributed by atoms with van der Waals surface area (Å²) in [5, 5.41) is 7.78. The largest absolute Gasteiger partial charge is 0.350 e. The molecule has 3 aromatic rings. The number of amides is 1. The second kappa shape index (κ2) is 9.28. The number of nitrogens with zero attached hydrogens (tertiary/aromatic N) is 4. The van der Waals surface area contributed by atoms with E-state index in [9.17, 15) is 4.79 Å². The number of nitrogens with one attached hydrogen (secondary N) is 1. The fraction of sp³-hybridized carbons (Fsp3) is 0.458. The van der Waals surface area contributed by atoms with Crippen LogP contribution in [0.4, 0.5) is 0 Å². The number of aromatic nitrogens is 4. The Balaban J connectivity index is 1.57. The van der Waals surface area contributed by atoms with Crippen LogP contribution in [0, 0.1) is 26.7 Å². The van der Waals surface area contributed by atoms with E-state index in [1.165, 1.54) is 11.3 Å². The number of hydrogen-bond donors (Lipinski definition) is 1. The Bertz CT molecular complexity index is 997. The van der Waals surface area contributed by atoms with Gasteiger partial charge in [0.05, 0.1) is 11.7 Å². The smallest absolute Gasteiger partial charge is 0.220 e. The summed E-state index contributed by atoms with van der Waals surface area (Å²) in [7, 11) is 0. The van der Waals surface area contributed by atoms with Gasteiger partial charge in [0.25, 0.3) is 0 Å². The molecule has 6 heteroatoms. The van der Waals surface area contributed by atoms with Crippen LogP contribution in [0.15, 0.2) is 36.7 Å². The van der Waals surface area contributed by atoms with Crippen molar-refractivity contribution in [1.82, 2.24) is 24.6 Å². The van der Waals surface area contributed by atoms with Gasteiger partial charge in [0.1, 0.15) is 5.82 Å². The van der Waals surface area contributed by atoms with Crippen molar-refractivity contribution >= 4 is 5.91 Å². The second-order valence-electron chi connectivity index (χ2n) is 8.45. The molecule has 0 unspecified atom stereocenters. The van der Waals surface area contributed by atoms with Crippen LogP contribution in [0.2, 0.25) is 0 Å². The molecule has 0 spiro atoms. The van der Waals surface area contributed by atoms with Crippen LogP contribution in [0.1, 0.15) is 61.6 Å². The molecule has 0 bridgehead atoms. The summed E-state index contributed by atoms with van der Waals surface area (Å²) in [6.07, 6.45) is 4.92. The zero-order chi connectivity index (χ0) is 21.8. The lowest BCUT2D eigenvalue weighted by atomic mass is 10.1. The molecule has 3 rings (SSSR count). The molecule has 1 amide bonds. The zero-order valence-electron chi connectivity index (χ0n) is 18.9. The molecule has 1 aromatic carbocycles. The molecular formula is C24H33N5O. The predicted molar refractivity (Wildman–Crippen MR) is 120 cm³/mol. The van der Waals surface area contributed by atoms with Gasteiger partial charge in [-0.25, -0.2) is 4.98 Å². The average Bonchev–Trinajstić information content (AvgIpc) is 3.23. The molecule has 2 aromatic heterocycles. The first kappa shape index (κ1) is 21.8. The highest BCUT2D eigenvalue weighted by Crippen LogP contribution is 2.19. The lowest BCUT2D eigenvalue weighted by Crippen LogP contribution is -2.26. The van der Waals surface area contributed by atoms with Gasteiger partial charge in [-0.1, -0.05) is 26.0 Å². The van der Waals surface area contributed by atoms with Gasteiger partial charge < -0.3 is 9.88 Å². The Morgan fingerprint density at radius 1 is 1.10 bits per heavy atom. The number of imidazole rings is 1. The summed E-state index contributed by atoms with van der Waals surface area (Å²) in [6, 6.07) is 8.19. The minimum atomic E-state index is -0.0405. The summed E-state index contributed by atoms with van der Waals surface area (Å²) in [4.78, 5) is 16.8. The molecule has 160 valence electrons. The number of benzene rings is 1. The van der Waals surface area contributed by atoms with Crippen LogP contribution in [0.5, 0.6) is 0 Å². The number of rotatable bonds is 8. The van der Waals surface area contributed by atoms with Crippen molar-refractivity contribution in [2.24, 2.45) is 5.92 Å². The average molecular weight is 408 g/mol. The number of carbonyl (C=O) groups is 1. The van der Waals surface area contributed by atoms with Crippen molar-refractivity contribution in [1.29, 1.82) is 0 Å². The van der Waals surface area contributed by atoms with Crippen LogP contribution in [0.25, 0.3) is 5.69 Å². The summed E-state index contributed by atoms with van der Waals surface area (Å²) in [6.45, 7) is 13.4. The van der Waals surface area contributed by atoms with Gasteiger partial charge in [-0.15, -0.1) is 0 Å². The molecular weight excluding hydrogens is 374 g/mol. The first-order valence-electron chi connectivity index (χ1n) is 10.7. The van der Waals surface area contributed by atoms with E-state index in [0.717, 1.165) is 29.3 Å². The summed E-state index contributed by atoms with van der Waals surface area (Å²) in [5.41, 5.74) is 5.55. The van der Waals surface area contributed by atoms with Crippen LogP contribution in [0.3, 0.4) is 0 Å². The molecule has 0 saturated carbocycles. The third-order valence-electron chi connectivity index (χ3n) is 5.55. The highest BCUT2D eigenvalue weighted by molar-refractivity contribution is 5.76. The Morgan fingerprint density at radius 2 is 1.80 bits per heavy atom. The Kier molecular flexibility index (Phi) is 6.75. The lowest BCUT2D eigenvalue weighted by Gasteiger charge is -2.15. The zero-order valence-corrected chi connectivity index (χ0v) is 18.9. The van der Waals surface area contributed by atoms with E-state index in [1.807, 2.05) is 31.5 Å². The highest BCUT2D eigenvalue weighted by Gasteiger charge is 2.15. The SMILES string of the molecule is Cc1nn(CC(C)C)c(C)c1CCC(=O)N[C@@H](C)c1ccc(-n2ccnc2C)cc1. The Hall–Kier alpha value is -2.89. The van der Waals surface area contributed by atoms with Gasteiger partial charge in [-0.05, 0) is 63.3 Å². The van der Waals surface area contributed by atoms with Crippen LogP contribution < -0.4 is 5.32 Å². The van der Waals surface area contributed by atoms with Gasteiger partial charge in [-0.2, -0.15) is 5.10 Å². The summed E-state index contributed by atoms with van der Waals surface area (Å²) >= 11 is 0. The maximum Gasteiger partial charge on any atom is 0.220 e. The third kappa shape index (κ3) is 4.99. The monoisotopic (exact) mass is 407 g/mol. The maximum atomic E-state index is 12.6. The van der Waals surface area contributed by atoms with Gasteiger partial charge in [0.15, 0.2) is 0 Å². The van der Waals surface area contributed by atoms with Crippen molar-refractivity contribution in [2.75, 3.05) is 0 Å². The molecule has 0 aliphatic carbocycles. The van der Waals surface area contributed by atoms with Gasteiger partial charge >= 0.3 is 0 Å². The van der Waals surface area contributed by atoms with Crippen molar-refractivity contribution < 1.29 is 4.79 Å². The molecule has 0 fully saturated rings. The van der Waals surface area contributed by atoms with Crippen molar-refractivity contribution in [3.05, 3.63) is 65.0 Å². The fourth-order valence-electron chi connectivity index (χ4n) is 3.83. The van der Waals surface area contributed by atoms with Gasteiger partial charge in [0, 0.05) is 36.7 Å². The molecule has 0 radical (unpaired) electrons. The van der Waals surface area contributed by atoms with Crippen molar-refractivity contribution in [2.45, 2.75) is 67.0 Å². The van der Waals surface area contributed by atoms with Gasteiger partial charge in [-0.3, -0.25) is 9.48 Å². The van der Waals surface area contributed by atoms with Crippen molar-refractivity contribution in [3.8, 4) is 5.69 Å². The molecule has 0 aliphatic heterocycles. The van der Waals surface area contributed by atoms with Gasteiger partial charge in [0.2, 0.25) is 5.91 Å². The molecule has 30 heavy (non-hydrogen) atoms. The first-order valence-corrected chi connectivity index (χ1v) is 10.7. The van der Waals surface area contributed by atoms with Crippen LogP contribution >= 0.6 is 0 Å². The first-order chi connectivity index (χ1) is 14.3. The third-order valence-corrected chi connectivity index (χ3v) is 5.55. The minimum Gasteiger partial charge on any atom is -0.350 e. The molecule has 1 atom stereocenters. The molecule has 0 aliphatic rings. The second-order valence-corrected chi connectivity index (χ2v) is 8.45. The van der Waals surface area contributed by atoms with E-state index in [-0.39, 0.29) is 11.9 Å². The predicted octanol–water partition coefficient (Wildman–Crippen LogP) is 4.46. The topological polar surface area (TPSA) is 64.7 Å². The molecule has 2 heterocycles.